The van der Waals surface area contributed by atoms with Gasteiger partial charge in [0.05, 0.1) is 5.56 Å². The van der Waals surface area contributed by atoms with E-state index in [1.54, 1.807) is 0 Å². The molecule has 1 heterocycles. The zero-order valence-electron chi connectivity index (χ0n) is 10.2. The predicted molar refractivity (Wildman–Crippen MR) is 68.4 cm³/mol. The molecule has 0 saturated carbocycles. The summed E-state index contributed by atoms with van der Waals surface area (Å²) < 4.78 is 14.5. The minimum absolute atomic E-state index is 0.225. The van der Waals surface area contributed by atoms with E-state index in [0.29, 0.717) is 16.6 Å². The molecular weight excluding hydrogens is 267 g/mol. The lowest BCUT2D eigenvalue weighted by atomic mass is 10.2. The summed E-state index contributed by atoms with van der Waals surface area (Å²) >= 11 is 1.17. The van der Waals surface area contributed by atoms with Gasteiger partial charge in [0, 0.05) is 11.4 Å². The summed E-state index contributed by atoms with van der Waals surface area (Å²) in [6, 6.07) is 5.88. The van der Waals surface area contributed by atoms with E-state index in [2.05, 4.69) is 10.2 Å². The molecule has 0 radical (unpaired) electrons. The Bertz CT molecular complexity index is 686. The summed E-state index contributed by atoms with van der Waals surface area (Å²) in [5, 5.41) is 15.7. The lowest BCUT2D eigenvalue weighted by molar-refractivity contribution is 0.603. The highest BCUT2D eigenvalue weighted by Crippen LogP contribution is 2.28. The molecule has 2 aromatic rings. The van der Waals surface area contributed by atoms with Gasteiger partial charge in [0.15, 0.2) is 5.16 Å². The van der Waals surface area contributed by atoms with Crippen LogP contribution in [0.1, 0.15) is 18.9 Å². The number of rotatable bonds is 4. The standard InChI is InChI=1S/C12H11FN4OS/c1-2-5-17-11(18)15-16-12(17)19-10-4-3-9(13)6-8(10)7-14/h3-4,6H,2,5H2,1H3,(H,15,18). The van der Waals surface area contributed by atoms with Gasteiger partial charge in [-0.25, -0.2) is 14.3 Å². The van der Waals surface area contributed by atoms with Crippen LogP contribution in [0.5, 0.6) is 0 Å². The molecular formula is C12H11FN4OS. The summed E-state index contributed by atoms with van der Waals surface area (Å²) in [6.07, 6.45) is 0.793. The fraction of sp³-hybridized carbons (Fsp3) is 0.250. The number of nitrogens with one attached hydrogen (secondary N) is 1. The third kappa shape index (κ3) is 2.85. The van der Waals surface area contributed by atoms with Gasteiger partial charge in [-0.3, -0.25) is 4.57 Å². The molecule has 2 rings (SSSR count). The largest absolute Gasteiger partial charge is 0.343 e. The molecule has 0 amide bonds. The van der Waals surface area contributed by atoms with Crippen molar-refractivity contribution < 1.29 is 4.39 Å². The van der Waals surface area contributed by atoms with Crippen molar-refractivity contribution in [1.82, 2.24) is 14.8 Å². The molecule has 1 aromatic carbocycles. The van der Waals surface area contributed by atoms with Crippen LogP contribution in [0.3, 0.4) is 0 Å². The number of hydrogen-bond donors (Lipinski definition) is 1. The summed E-state index contributed by atoms with van der Waals surface area (Å²) in [6.45, 7) is 2.49. The number of halogens is 1. The van der Waals surface area contributed by atoms with Crippen LogP contribution in [0.4, 0.5) is 4.39 Å². The highest BCUT2D eigenvalue weighted by molar-refractivity contribution is 7.99. The van der Waals surface area contributed by atoms with E-state index in [-0.39, 0.29) is 11.3 Å². The van der Waals surface area contributed by atoms with E-state index in [1.807, 2.05) is 13.0 Å². The van der Waals surface area contributed by atoms with Crippen molar-refractivity contribution in [3.05, 3.63) is 40.1 Å². The molecule has 98 valence electrons. The van der Waals surface area contributed by atoms with E-state index in [1.165, 1.54) is 28.5 Å². The van der Waals surface area contributed by atoms with Crippen molar-refractivity contribution in [2.75, 3.05) is 0 Å². The van der Waals surface area contributed by atoms with Crippen LogP contribution in [0.2, 0.25) is 0 Å². The number of H-pyrrole nitrogens is 1. The van der Waals surface area contributed by atoms with E-state index >= 15 is 0 Å². The molecule has 0 unspecified atom stereocenters. The van der Waals surface area contributed by atoms with E-state index in [4.69, 9.17) is 5.26 Å². The molecule has 0 saturated heterocycles. The molecule has 0 aliphatic rings. The molecule has 5 nitrogen and oxygen atoms in total. The molecule has 0 bridgehead atoms. The van der Waals surface area contributed by atoms with E-state index in [0.717, 1.165) is 12.5 Å². The highest BCUT2D eigenvalue weighted by atomic mass is 32.2. The Balaban J connectivity index is 2.37. The smallest absolute Gasteiger partial charge is 0.270 e. The highest BCUT2D eigenvalue weighted by Gasteiger charge is 2.12. The molecule has 0 atom stereocenters. The first kappa shape index (κ1) is 13.4. The second-order valence-electron chi connectivity index (χ2n) is 3.82. The van der Waals surface area contributed by atoms with Crippen molar-refractivity contribution in [2.24, 2.45) is 0 Å². The normalized spacial score (nSPS) is 10.4. The number of aromatic nitrogens is 3. The maximum absolute atomic E-state index is 13.0. The van der Waals surface area contributed by atoms with Gasteiger partial charge in [0.2, 0.25) is 0 Å². The molecule has 0 fully saturated rings. The lowest BCUT2D eigenvalue weighted by Crippen LogP contribution is -2.17. The minimum Gasteiger partial charge on any atom is -0.270 e. The Labute approximate surface area is 113 Å². The van der Waals surface area contributed by atoms with Gasteiger partial charge in [0.25, 0.3) is 0 Å². The fourth-order valence-electron chi connectivity index (χ4n) is 1.58. The van der Waals surface area contributed by atoms with Gasteiger partial charge in [0.1, 0.15) is 11.9 Å². The van der Waals surface area contributed by atoms with Crippen molar-refractivity contribution in [3.63, 3.8) is 0 Å². The zero-order chi connectivity index (χ0) is 13.8. The quantitative estimate of drug-likeness (QED) is 0.929. The number of benzene rings is 1. The molecule has 7 heteroatoms. The molecule has 1 N–H and O–H groups in total. The average molecular weight is 278 g/mol. The first-order valence-electron chi connectivity index (χ1n) is 5.68. The van der Waals surface area contributed by atoms with Crippen LogP contribution >= 0.6 is 11.8 Å². The van der Waals surface area contributed by atoms with Gasteiger partial charge >= 0.3 is 5.69 Å². The number of hydrogen-bond acceptors (Lipinski definition) is 4. The summed E-state index contributed by atoms with van der Waals surface area (Å²) in [4.78, 5) is 12.1. The average Bonchev–Trinajstić information content (AvgIpc) is 2.74. The summed E-state index contributed by atoms with van der Waals surface area (Å²) in [5.74, 6) is -0.464. The number of aromatic amines is 1. The first-order valence-corrected chi connectivity index (χ1v) is 6.50. The van der Waals surface area contributed by atoms with E-state index < -0.39 is 5.82 Å². The summed E-state index contributed by atoms with van der Waals surface area (Å²) in [7, 11) is 0. The zero-order valence-corrected chi connectivity index (χ0v) is 11.0. The third-order valence-corrected chi connectivity index (χ3v) is 3.50. The van der Waals surface area contributed by atoms with Gasteiger partial charge in [-0.1, -0.05) is 6.92 Å². The molecule has 19 heavy (non-hydrogen) atoms. The minimum atomic E-state index is -0.464. The van der Waals surface area contributed by atoms with Gasteiger partial charge in [-0.15, -0.1) is 5.10 Å². The maximum atomic E-state index is 13.0. The van der Waals surface area contributed by atoms with Crippen LogP contribution in [0.25, 0.3) is 0 Å². The first-order chi connectivity index (χ1) is 9.15. The molecule has 0 aliphatic heterocycles. The van der Waals surface area contributed by atoms with Crippen molar-refractivity contribution in [1.29, 1.82) is 5.26 Å². The Kier molecular flexibility index (Phi) is 4.02. The van der Waals surface area contributed by atoms with E-state index in [9.17, 15) is 9.18 Å². The maximum Gasteiger partial charge on any atom is 0.343 e. The number of nitriles is 1. The van der Waals surface area contributed by atoms with Crippen LogP contribution in [0.15, 0.2) is 33.0 Å². The Morgan fingerprint density at radius 1 is 1.58 bits per heavy atom. The second-order valence-corrected chi connectivity index (χ2v) is 4.83. The molecule has 0 aliphatic carbocycles. The predicted octanol–water partition coefficient (Wildman–Crippen LogP) is 2.14. The van der Waals surface area contributed by atoms with Crippen LogP contribution in [0, 0.1) is 17.1 Å². The topological polar surface area (TPSA) is 74.5 Å². The van der Waals surface area contributed by atoms with Crippen molar-refractivity contribution >= 4 is 11.8 Å². The van der Waals surface area contributed by atoms with Gasteiger partial charge in [-0.2, -0.15) is 5.26 Å². The summed E-state index contributed by atoms with van der Waals surface area (Å²) in [5.41, 5.74) is -0.0616. The van der Waals surface area contributed by atoms with Crippen molar-refractivity contribution in [3.8, 4) is 6.07 Å². The Hall–Kier alpha value is -2.07. The number of nitrogens with zero attached hydrogens (tertiary/aromatic N) is 3. The van der Waals surface area contributed by atoms with Crippen molar-refractivity contribution in [2.45, 2.75) is 29.9 Å². The van der Waals surface area contributed by atoms with Crippen LogP contribution in [-0.4, -0.2) is 14.8 Å². The lowest BCUT2D eigenvalue weighted by Gasteiger charge is -2.05. The fourth-order valence-corrected chi connectivity index (χ4v) is 2.50. The molecule has 1 aromatic heterocycles. The Morgan fingerprint density at radius 3 is 3.05 bits per heavy atom. The molecule has 0 spiro atoms. The SMILES string of the molecule is CCCn1c(Sc2ccc(F)cc2C#N)n[nH]c1=O. The second kappa shape index (κ2) is 5.71. The van der Waals surface area contributed by atoms with Gasteiger partial charge in [-0.05, 0) is 36.4 Å². The van der Waals surface area contributed by atoms with Gasteiger partial charge < -0.3 is 0 Å². The monoisotopic (exact) mass is 278 g/mol. The van der Waals surface area contributed by atoms with Crippen LogP contribution < -0.4 is 5.69 Å². The van der Waals surface area contributed by atoms with Crippen LogP contribution in [-0.2, 0) is 6.54 Å². The Morgan fingerprint density at radius 2 is 2.37 bits per heavy atom. The third-order valence-electron chi connectivity index (χ3n) is 2.43.